The third kappa shape index (κ3) is 4.03. The third-order valence-corrected chi connectivity index (χ3v) is 5.31. The molecule has 0 saturated heterocycles. The molecule has 0 aliphatic carbocycles. The lowest BCUT2D eigenvalue weighted by Crippen LogP contribution is -2.34. The van der Waals surface area contributed by atoms with Gasteiger partial charge in [-0.25, -0.2) is 4.68 Å². The Morgan fingerprint density at radius 1 is 1.23 bits per heavy atom. The number of aromatic nitrogens is 2. The molecule has 3 aromatic rings. The molecule has 6 heteroatoms. The van der Waals surface area contributed by atoms with Crippen LogP contribution in [-0.2, 0) is 0 Å². The van der Waals surface area contributed by atoms with Crippen LogP contribution in [0.1, 0.15) is 32.7 Å². The Balaban J connectivity index is 1.67. The molecular weight excluding hydrogens is 344 g/mol. The number of nitrogens with zero attached hydrogens (tertiary/aromatic N) is 3. The maximum Gasteiger partial charge on any atom is 0.251 e. The van der Waals surface area contributed by atoms with E-state index in [1.165, 1.54) is 4.88 Å². The molecule has 1 N–H and O–H groups in total. The van der Waals surface area contributed by atoms with Crippen LogP contribution in [-0.4, -0.2) is 41.2 Å². The standard InChI is InChI=1S/C20H24N4OS/c1-14-12-15(2)24(22-14)17-9-7-16(8-10-17)20(25)21-13-18(23(3)4)19-6-5-11-26-19/h5-12,18H,13H2,1-4H3,(H,21,25)/t18-/m1/s1. The van der Waals surface area contributed by atoms with Gasteiger partial charge < -0.3 is 10.2 Å². The van der Waals surface area contributed by atoms with Crippen molar-refractivity contribution in [3.8, 4) is 5.69 Å². The number of carbonyl (C=O) groups excluding carboxylic acids is 1. The van der Waals surface area contributed by atoms with E-state index in [2.05, 4.69) is 26.8 Å². The molecule has 0 aliphatic heterocycles. The highest BCUT2D eigenvalue weighted by atomic mass is 32.1. The van der Waals surface area contributed by atoms with Gasteiger partial charge in [0, 0.05) is 22.7 Å². The SMILES string of the molecule is Cc1cc(C)n(-c2ccc(C(=O)NC[C@H](c3cccs3)N(C)C)cc2)n1. The fraction of sp³-hybridized carbons (Fsp3) is 0.300. The second-order valence-electron chi connectivity index (χ2n) is 6.59. The molecule has 3 rings (SSSR count). The maximum atomic E-state index is 12.5. The van der Waals surface area contributed by atoms with E-state index in [1.54, 1.807) is 11.3 Å². The number of amides is 1. The van der Waals surface area contributed by atoms with Crippen molar-refractivity contribution in [1.29, 1.82) is 0 Å². The van der Waals surface area contributed by atoms with E-state index in [0.29, 0.717) is 12.1 Å². The largest absolute Gasteiger partial charge is 0.350 e. The first-order valence-corrected chi connectivity index (χ1v) is 9.45. The Morgan fingerprint density at radius 2 is 1.96 bits per heavy atom. The predicted octanol–water partition coefficient (Wildman–Crippen LogP) is 3.58. The molecule has 1 amide bonds. The Labute approximate surface area is 158 Å². The van der Waals surface area contributed by atoms with Gasteiger partial charge in [0.15, 0.2) is 0 Å². The topological polar surface area (TPSA) is 50.2 Å². The zero-order valence-corrected chi connectivity index (χ0v) is 16.4. The number of hydrogen-bond acceptors (Lipinski definition) is 4. The second-order valence-corrected chi connectivity index (χ2v) is 7.57. The summed E-state index contributed by atoms with van der Waals surface area (Å²) in [7, 11) is 4.06. The van der Waals surface area contributed by atoms with Crippen LogP contribution in [0.15, 0.2) is 47.8 Å². The number of nitrogens with one attached hydrogen (secondary N) is 1. The molecule has 0 radical (unpaired) electrons. The van der Waals surface area contributed by atoms with Gasteiger partial charge in [0.2, 0.25) is 0 Å². The summed E-state index contributed by atoms with van der Waals surface area (Å²) in [5.41, 5.74) is 3.66. The fourth-order valence-electron chi connectivity index (χ4n) is 2.95. The molecule has 5 nitrogen and oxygen atoms in total. The highest BCUT2D eigenvalue weighted by molar-refractivity contribution is 7.10. The Bertz CT molecular complexity index is 866. The maximum absolute atomic E-state index is 12.5. The Hall–Kier alpha value is -2.44. The summed E-state index contributed by atoms with van der Waals surface area (Å²) >= 11 is 1.71. The van der Waals surface area contributed by atoms with Gasteiger partial charge in [0.1, 0.15) is 0 Å². The van der Waals surface area contributed by atoms with Crippen LogP contribution in [0.25, 0.3) is 5.69 Å². The van der Waals surface area contributed by atoms with Gasteiger partial charge in [0.25, 0.3) is 5.91 Å². The van der Waals surface area contributed by atoms with Gasteiger partial charge in [-0.2, -0.15) is 5.10 Å². The first-order valence-electron chi connectivity index (χ1n) is 8.57. The molecule has 2 heterocycles. The quantitative estimate of drug-likeness (QED) is 0.723. The van der Waals surface area contributed by atoms with Crippen molar-refractivity contribution in [2.24, 2.45) is 0 Å². The van der Waals surface area contributed by atoms with E-state index in [4.69, 9.17) is 0 Å². The first kappa shape index (κ1) is 18.4. The molecule has 26 heavy (non-hydrogen) atoms. The predicted molar refractivity (Wildman–Crippen MR) is 106 cm³/mol. The van der Waals surface area contributed by atoms with Crippen LogP contribution in [0.2, 0.25) is 0 Å². The van der Waals surface area contributed by atoms with Crippen LogP contribution in [0.4, 0.5) is 0 Å². The highest BCUT2D eigenvalue weighted by Crippen LogP contribution is 2.22. The highest BCUT2D eigenvalue weighted by Gasteiger charge is 2.17. The number of thiophene rings is 1. The van der Waals surface area contributed by atoms with E-state index in [9.17, 15) is 4.79 Å². The van der Waals surface area contributed by atoms with Crippen LogP contribution in [0, 0.1) is 13.8 Å². The average Bonchev–Trinajstić information content (AvgIpc) is 3.24. The zero-order chi connectivity index (χ0) is 18.7. The molecule has 0 spiro atoms. The molecule has 0 fully saturated rings. The van der Waals surface area contributed by atoms with Gasteiger partial charge in [-0.3, -0.25) is 4.79 Å². The van der Waals surface area contributed by atoms with Gasteiger partial charge in [-0.15, -0.1) is 11.3 Å². The summed E-state index contributed by atoms with van der Waals surface area (Å²) in [6.45, 7) is 4.57. The van der Waals surface area contributed by atoms with Crippen molar-refractivity contribution < 1.29 is 4.79 Å². The van der Waals surface area contributed by atoms with Crippen molar-refractivity contribution in [3.05, 3.63) is 69.7 Å². The third-order valence-electron chi connectivity index (χ3n) is 4.33. The average molecular weight is 369 g/mol. The summed E-state index contributed by atoms with van der Waals surface area (Å²) in [5.74, 6) is -0.0617. The minimum Gasteiger partial charge on any atom is -0.350 e. The Kier molecular flexibility index (Phi) is 5.54. The van der Waals surface area contributed by atoms with Gasteiger partial charge >= 0.3 is 0 Å². The molecule has 0 bridgehead atoms. The van der Waals surface area contributed by atoms with Crippen molar-refractivity contribution >= 4 is 17.2 Å². The Morgan fingerprint density at radius 3 is 2.50 bits per heavy atom. The minimum atomic E-state index is -0.0617. The van der Waals surface area contributed by atoms with Gasteiger partial charge in [-0.05, 0) is 69.7 Å². The lowest BCUT2D eigenvalue weighted by Gasteiger charge is -2.23. The van der Waals surface area contributed by atoms with Gasteiger partial charge in [0.05, 0.1) is 17.4 Å². The van der Waals surface area contributed by atoms with Crippen LogP contribution >= 0.6 is 11.3 Å². The normalized spacial score (nSPS) is 12.3. The molecule has 1 atom stereocenters. The second kappa shape index (κ2) is 7.85. The summed E-state index contributed by atoms with van der Waals surface area (Å²) in [4.78, 5) is 15.9. The zero-order valence-electron chi connectivity index (χ0n) is 15.6. The van der Waals surface area contributed by atoms with Crippen LogP contribution in [0.3, 0.4) is 0 Å². The molecule has 136 valence electrons. The smallest absolute Gasteiger partial charge is 0.251 e. The summed E-state index contributed by atoms with van der Waals surface area (Å²) < 4.78 is 1.88. The van der Waals surface area contributed by atoms with Crippen molar-refractivity contribution in [3.63, 3.8) is 0 Å². The fourth-order valence-corrected chi connectivity index (χ4v) is 3.88. The number of benzene rings is 1. The van der Waals surface area contributed by atoms with E-state index in [-0.39, 0.29) is 11.9 Å². The van der Waals surface area contributed by atoms with E-state index in [1.807, 2.05) is 69.0 Å². The van der Waals surface area contributed by atoms with E-state index >= 15 is 0 Å². The minimum absolute atomic E-state index is 0.0617. The molecular formula is C20H24N4OS. The van der Waals surface area contributed by atoms with Gasteiger partial charge in [-0.1, -0.05) is 6.07 Å². The number of rotatable bonds is 6. The lowest BCUT2D eigenvalue weighted by atomic mass is 10.1. The number of aryl methyl sites for hydroxylation is 2. The molecule has 0 aliphatic rings. The van der Waals surface area contributed by atoms with Crippen molar-refractivity contribution in [2.75, 3.05) is 20.6 Å². The summed E-state index contributed by atoms with van der Waals surface area (Å²) in [5, 5.41) is 9.58. The van der Waals surface area contributed by atoms with Crippen molar-refractivity contribution in [2.45, 2.75) is 19.9 Å². The van der Waals surface area contributed by atoms with Crippen LogP contribution in [0.5, 0.6) is 0 Å². The monoisotopic (exact) mass is 368 g/mol. The number of carbonyl (C=O) groups is 1. The number of hydrogen-bond donors (Lipinski definition) is 1. The van der Waals surface area contributed by atoms with E-state index < -0.39 is 0 Å². The summed E-state index contributed by atoms with van der Waals surface area (Å²) in [6.07, 6.45) is 0. The molecule has 1 aromatic carbocycles. The molecule has 0 saturated carbocycles. The molecule has 2 aromatic heterocycles. The summed E-state index contributed by atoms with van der Waals surface area (Å²) in [6, 6.07) is 13.9. The van der Waals surface area contributed by atoms with E-state index in [0.717, 1.165) is 17.1 Å². The first-order chi connectivity index (χ1) is 12.5. The lowest BCUT2D eigenvalue weighted by molar-refractivity contribution is 0.0942. The molecule has 0 unspecified atom stereocenters. The number of likely N-dealkylation sites (N-methyl/N-ethyl adjacent to an activating group) is 1. The van der Waals surface area contributed by atoms with Crippen LogP contribution < -0.4 is 5.32 Å². The van der Waals surface area contributed by atoms with Crippen molar-refractivity contribution in [1.82, 2.24) is 20.0 Å².